The highest BCUT2D eigenvalue weighted by Crippen LogP contribution is 2.19. The minimum Gasteiger partial charge on any atom is -0.381 e. The predicted molar refractivity (Wildman–Crippen MR) is 72.6 cm³/mol. The third-order valence-electron chi connectivity index (χ3n) is 2.61. The summed E-state index contributed by atoms with van der Waals surface area (Å²) >= 11 is 3.18. The van der Waals surface area contributed by atoms with Gasteiger partial charge in [-0.15, -0.1) is 0 Å². The molecule has 0 spiro atoms. The van der Waals surface area contributed by atoms with Crippen molar-refractivity contribution in [2.75, 3.05) is 5.32 Å². The average Bonchev–Trinajstić information content (AvgIpc) is 2.32. The van der Waals surface area contributed by atoms with Crippen LogP contribution in [0.5, 0.6) is 0 Å². The van der Waals surface area contributed by atoms with Crippen molar-refractivity contribution in [3.8, 4) is 0 Å². The molecule has 0 saturated heterocycles. The minimum atomic E-state index is -0.232. The van der Waals surface area contributed by atoms with Crippen molar-refractivity contribution < 1.29 is 4.39 Å². The molecule has 2 rings (SSSR count). The lowest BCUT2D eigenvalue weighted by Gasteiger charge is -2.09. The standard InChI is InChI=1S/C14H13BrFN/c1-10-4-2-3-5-14(10)17-9-11-6-7-13(16)12(15)8-11/h2-8,17H,9H2,1H3. The zero-order chi connectivity index (χ0) is 12.3. The molecule has 0 saturated carbocycles. The van der Waals surface area contributed by atoms with Crippen LogP contribution in [0.25, 0.3) is 0 Å². The molecule has 0 heterocycles. The molecule has 0 unspecified atom stereocenters. The van der Waals surface area contributed by atoms with Crippen molar-refractivity contribution in [2.45, 2.75) is 13.5 Å². The summed E-state index contributed by atoms with van der Waals surface area (Å²) in [7, 11) is 0. The van der Waals surface area contributed by atoms with Gasteiger partial charge in [-0.2, -0.15) is 0 Å². The van der Waals surface area contributed by atoms with Crippen molar-refractivity contribution in [1.29, 1.82) is 0 Å². The summed E-state index contributed by atoms with van der Waals surface area (Å²) in [6.45, 7) is 2.74. The van der Waals surface area contributed by atoms with Crippen LogP contribution in [-0.4, -0.2) is 0 Å². The quantitative estimate of drug-likeness (QED) is 0.878. The molecule has 0 aliphatic heterocycles. The number of halogens is 2. The van der Waals surface area contributed by atoms with E-state index >= 15 is 0 Å². The van der Waals surface area contributed by atoms with Crippen molar-refractivity contribution in [3.63, 3.8) is 0 Å². The number of hydrogen-bond donors (Lipinski definition) is 1. The predicted octanol–water partition coefficient (Wildman–Crippen LogP) is 4.51. The molecule has 0 bridgehead atoms. The van der Waals surface area contributed by atoms with Crippen molar-refractivity contribution >= 4 is 21.6 Å². The molecule has 0 fully saturated rings. The summed E-state index contributed by atoms with van der Waals surface area (Å²) in [4.78, 5) is 0. The first-order valence-corrected chi connectivity index (χ1v) is 6.19. The van der Waals surface area contributed by atoms with Gasteiger partial charge in [0.25, 0.3) is 0 Å². The first-order chi connectivity index (χ1) is 8.16. The summed E-state index contributed by atoms with van der Waals surface area (Å²) in [5.74, 6) is -0.232. The van der Waals surface area contributed by atoms with Crippen LogP contribution in [0.15, 0.2) is 46.9 Å². The van der Waals surface area contributed by atoms with Crippen LogP contribution in [0.2, 0.25) is 0 Å². The first-order valence-electron chi connectivity index (χ1n) is 5.40. The maximum absolute atomic E-state index is 13.1. The van der Waals surface area contributed by atoms with Crippen LogP contribution in [0, 0.1) is 12.7 Å². The summed E-state index contributed by atoms with van der Waals surface area (Å²) in [5.41, 5.74) is 3.35. The molecule has 1 nitrogen and oxygen atoms in total. The number of anilines is 1. The zero-order valence-corrected chi connectivity index (χ0v) is 11.1. The Morgan fingerprint density at radius 2 is 1.94 bits per heavy atom. The fourth-order valence-corrected chi connectivity index (χ4v) is 2.04. The van der Waals surface area contributed by atoms with Crippen molar-refractivity contribution in [1.82, 2.24) is 0 Å². The van der Waals surface area contributed by atoms with Crippen molar-refractivity contribution in [3.05, 3.63) is 63.9 Å². The van der Waals surface area contributed by atoms with E-state index in [-0.39, 0.29) is 5.82 Å². The van der Waals surface area contributed by atoms with E-state index in [1.807, 2.05) is 18.2 Å². The Morgan fingerprint density at radius 1 is 1.18 bits per heavy atom. The number of benzene rings is 2. The summed E-state index contributed by atoms with van der Waals surface area (Å²) in [6.07, 6.45) is 0. The van der Waals surface area contributed by atoms with E-state index in [0.29, 0.717) is 11.0 Å². The Morgan fingerprint density at radius 3 is 2.65 bits per heavy atom. The van der Waals surface area contributed by atoms with Crippen LogP contribution >= 0.6 is 15.9 Å². The van der Waals surface area contributed by atoms with E-state index < -0.39 is 0 Å². The van der Waals surface area contributed by atoms with E-state index in [4.69, 9.17) is 0 Å². The van der Waals surface area contributed by atoms with Gasteiger partial charge in [0.15, 0.2) is 0 Å². The topological polar surface area (TPSA) is 12.0 Å². The maximum Gasteiger partial charge on any atom is 0.137 e. The number of para-hydroxylation sites is 1. The van der Waals surface area contributed by atoms with Crippen LogP contribution in [-0.2, 0) is 6.54 Å². The number of rotatable bonds is 3. The van der Waals surface area contributed by atoms with E-state index in [2.05, 4.69) is 34.2 Å². The molecule has 2 aromatic rings. The summed E-state index contributed by atoms with van der Waals surface area (Å²) < 4.78 is 13.6. The SMILES string of the molecule is Cc1ccccc1NCc1ccc(F)c(Br)c1. The normalized spacial score (nSPS) is 10.3. The van der Waals surface area contributed by atoms with Crippen LogP contribution < -0.4 is 5.32 Å². The molecule has 1 N–H and O–H groups in total. The van der Waals surface area contributed by atoms with Crippen LogP contribution in [0.1, 0.15) is 11.1 Å². The number of hydrogen-bond acceptors (Lipinski definition) is 1. The molecule has 0 radical (unpaired) electrons. The van der Waals surface area contributed by atoms with E-state index in [0.717, 1.165) is 11.3 Å². The molecule has 2 aromatic carbocycles. The largest absolute Gasteiger partial charge is 0.381 e. The molecular formula is C14H13BrFN. The lowest BCUT2D eigenvalue weighted by Crippen LogP contribution is -2.01. The van der Waals surface area contributed by atoms with Gasteiger partial charge in [0.1, 0.15) is 5.82 Å². The molecule has 0 aromatic heterocycles. The summed E-state index contributed by atoms with van der Waals surface area (Å²) in [6, 6.07) is 13.1. The first kappa shape index (κ1) is 12.1. The Kier molecular flexibility index (Phi) is 3.79. The lowest BCUT2D eigenvalue weighted by atomic mass is 10.2. The second-order valence-corrected chi connectivity index (χ2v) is 4.77. The average molecular weight is 294 g/mol. The molecule has 0 atom stereocenters. The highest BCUT2D eigenvalue weighted by Gasteiger charge is 2.01. The van der Waals surface area contributed by atoms with Gasteiger partial charge in [-0.1, -0.05) is 24.3 Å². The number of aryl methyl sites for hydroxylation is 1. The van der Waals surface area contributed by atoms with Gasteiger partial charge < -0.3 is 5.32 Å². The van der Waals surface area contributed by atoms with E-state index in [9.17, 15) is 4.39 Å². The van der Waals surface area contributed by atoms with Crippen molar-refractivity contribution in [2.24, 2.45) is 0 Å². The van der Waals surface area contributed by atoms with Gasteiger partial charge in [-0.05, 0) is 52.2 Å². The Labute approximate surface area is 109 Å². The molecule has 0 aliphatic rings. The third-order valence-corrected chi connectivity index (χ3v) is 3.22. The maximum atomic E-state index is 13.1. The molecule has 0 amide bonds. The van der Waals surface area contributed by atoms with E-state index in [1.54, 1.807) is 12.1 Å². The van der Waals surface area contributed by atoms with Gasteiger partial charge in [0, 0.05) is 12.2 Å². The van der Waals surface area contributed by atoms with Crippen LogP contribution in [0.4, 0.5) is 10.1 Å². The highest BCUT2D eigenvalue weighted by molar-refractivity contribution is 9.10. The zero-order valence-electron chi connectivity index (χ0n) is 9.50. The Balaban J connectivity index is 2.08. The van der Waals surface area contributed by atoms with Crippen LogP contribution in [0.3, 0.4) is 0 Å². The monoisotopic (exact) mass is 293 g/mol. The number of nitrogens with one attached hydrogen (secondary N) is 1. The Bertz CT molecular complexity index is 525. The third kappa shape index (κ3) is 3.07. The second kappa shape index (κ2) is 5.32. The molecule has 88 valence electrons. The summed E-state index contributed by atoms with van der Waals surface area (Å²) in [5, 5.41) is 3.33. The second-order valence-electron chi connectivity index (χ2n) is 3.92. The molecule has 3 heteroatoms. The Hall–Kier alpha value is -1.35. The fourth-order valence-electron chi connectivity index (χ4n) is 1.62. The minimum absolute atomic E-state index is 0.232. The van der Waals surface area contributed by atoms with E-state index in [1.165, 1.54) is 11.6 Å². The highest BCUT2D eigenvalue weighted by atomic mass is 79.9. The van der Waals surface area contributed by atoms with Gasteiger partial charge in [-0.25, -0.2) is 4.39 Å². The molecule has 17 heavy (non-hydrogen) atoms. The smallest absolute Gasteiger partial charge is 0.137 e. The fraction of sp³-hybridized carbons (Fsp3) is 0.143. The van der Waals surface area contributed by atoms with Gasteiger partial charge in [-0.3, -0.25) is 0 Å². The van der Waals surface area contributed by atoms with Gasteiger partial charge >= 0.3 is 0 Å². The molecular weight excluding hydrogens is 281 g/mol. The lowest BCUT2D eigenvalue weighted by molar-refractivity contribution is 0.620. The van der Waals surface area contributed by atoms with Gasteiger partial charge in [0.05, 0.1) is 4.47 Å². The molecule has 0 aliphatic carbocycles. The van der Waals surface area contributed by atoms with Gasteiger partial charge in [0.2, 0.25) is 0 Å².